The first-order valence-electron chi connectivity index (χ1n) is 8.52. The van der Waals surface area contributed by atoms with Crippen LogP contribution in [-0.2, 0) is 24.0 Å². The first kappa shape index (κ1) is 27.0. The summed E-state index contributed by atoms with van der Waals surface area (Å²) >= 11 is 7.86. The van der Waals surface area contributed by atoms with E-state index < -0.39 is 59.9 Å². The van der Waals surface area contributed by atoms with E-state index in [9.17, 15) is 29.1 Å². The Labute approximate surface area is 178 Å². The highest BCUT2D eigenvalue weighted by Gasteiger charge is 2.31. The fraction of sp³-hybridized carbons (Fsp3) is 0.667. The van der Waals surface area contributed by atoms with Gasteiger partial charge in [-0.15, -0.1) is 0 Å². The van der Waals surface area contributed by atoms with Crippen molar-refractivity contribution >= 4 is 54.9 Å². The van der Waals surface area contributed by atoms with Gasteiger partial charge in [-0.1, -0.05) is 0 Å². The number of nitrogens with two attached hydrogens (primary N) is 2. The predicted octanol–water partition coefficient (Wildman–Crippen LogP) is -3.64. The average molecular weight is 454 g/mol. The van der Waals surface area contributed by atoms with Gasteiger partial charge >= 0.3 is 5.97 Å². The molecule has 9 N–H and O–H groups in total. The van der Waals surface area contributed by atoms with E-state index in [2.05, 4.69) is 41.2 Å². The summed E-state index contributed by atoms with van der Waals surface area (Å²) in [4.78, 5) is 58.9. The second kappa shape index (κ2) is 13.2. The molecule has 0 saturated carbocycles. The minimum Gasteiger partial charge on any atom is -0.480 e. The molecule has 0 fully saturated rings. The van der Waals surface area contributed by atoms with Gasteiger partial charge in [0.15, 0.2) is 6.04 Å². The molecule has 29 heavy (non-hydrogen) atoms. The monoisotopic (exact) mass is 453 g/mol. The van der Waals surface area contributed by atoms with Crippen LogP contribution < -0.4 is 27.4 Å². The number of hydrogen-bond acceptors (Lipinski definition) is 9. The first-order valence-corrected chi connectivity index (χ1v) is 9.78. The lowest BCUT2D eigenvalue weighted by molar-refractivity contribution is -0.145. The molecule has 5 unspecified atom stereocenters. The van der Waals surface area contributed by atoms with Crippen molar-refractivity contribution < 1.29 is 34.2 Å². The molecule has 0 aromatic rings. The molecule has 0 rings (SSSR count). The van der Waals surface area contributed by atoms with Gasteiger partial charge in [0.05, 0.1) is 12.1 Å². The number of aliphatic hydroxyl groups excluding tert-OH is 1. The average Bonchev–Trinajstić information content (AvgIpc) is 2.65. The van der Waals surface area contributed by atoms with Crippen molar-refractivity contribution in [2.75, 3.05) is 11.5 Å². The molecule has 12 nitrogen and oxygen atoms in total. The lowest BCUT2D eigenvalue weighted by Gasteiger charge is -2.25. The van der Waals surface area contributed by atoms with Crippen LogP contribution in [0.1, 0.15) is 19.8 Å². The number of aliphatic carboxylic acids is 1. The third kappa shape index (κ3) is 9.83. The molecule has 0 spiro atoms. The van der Waals surface area contributed by atoms with Gasteiger partial charge in [0.2, 0.25) is 23.6 Å². The summed E-state index contributed by atoms with van der Waals surface area (Å²) in [5.74, 6) is -4.76. The van der Waals surface area contributed by atoms with Gasteiger partial charge in [0.1, 0.15) is 12.1 Å². The van der Waals surface area contributed by atoms with Crippen LogP contribution in [0.15, 0.2) is 0 Å². The van der Waals surface area contributed by atoms with Gasteiger partial charge < -0.3 is 37.6 Å². The molecule has 4 amide bonds. The minimum atomic E-state index is -1.63. The second-order valence-corrected chi connectivity index (χ2v) is 6.89. The number of nitrogens with one attached hydrogen (secondary N) is 3. The van der Waals surface area contributed by atoms with E-state index in [0.29, 0.717) is 0 Å². The molecule has 0 bridgehead atoms. The number of thiol groups is 2. The smallest absolute Gasteiger partial charge is 0.328 e. The number of aliphatic hydroxyl groups is 1. The second-order valence-electron chi connectivity index (χ2n) is 6.16. The van der Waals surface area contributed by atoms with E-state index in [4.69, 9.17) is 16.6 Å². The van der Waals surface area contributed by atoms with Crippen LogP contribution in [-0.4, -0.2) is 81.6 Å². The maximum Gasteiger partial charge on any atom is 0.328 e. The highest BCUT2D eigenvalue weighted by Crippen LogP contribution is 2.03. The number of hydrogen-bond donors (Lipinski definition) is 9. The topological polar surface area (TPSA) is 214 Å². The Kier molecular flexibility index (Phi) is 12.3. The Morgan fingerprint density at radius 1 is 0.931 bits per heavy atom. The SMILES string of the molecule is CC(O)C(NC(=O)C(CCC(N)=O)NC(=O)C(CS)NC(=O)C(N)CS)C(=O)O. The Morgan fingerprint density at radius 3 is 1.86 bits per heavy atom. The van der Waals surface area contributed by atoms with Crippen molar-refractivity contribution in [3.8, 4) is 0 Å². The molecular weight excluding hydrogens is 426 g/mol. The number of carboxylic acids is 1. The number of rotatable bonds is 13. The van der Waals surface area contributed by atoms with Crippen LogP contribution in [0.5, 0.6) is 0 Å². The Balaban J connectivity index is 5.30. The highest BCUT2D eigenvalue weighted by atomic mass is 32.1. The molecule has 0 aromatic heterocycles. The van der Waals surface area contributed by atoms with Crippen molar-refractivity contribution in [1.82, 2.24) is 16.0 Å². The normalized spacial score (nSPS) is 15.9. The lowest BCUT2D eigenvalue weighted by atomic mass is 10.1. The quantitative estimate of drug-likeness (QED) is 0.126. The van der Waals surface area contributed by atoms with E-state index in [0.717, 1.165) is 6.92 Å². The Morgan fingerprint density at radius 2 is 1.45 bits per heavy atom. The molecule has 166 valence electrons. The lowest BCUT2D eigenvalue weighted by Crippen LogP contribution is -2.58. The van der Waals surface area contributed by atoms with Crippen LogP contribution >= 0.6 is 25.3 Å². The maximum atomic E-state index is 12.4. The summed E-state index contributed by atoms with van der Waals surface area (Å²) in [6.07, 6.45) is -1.94. The zero-order valence-corrected chi connectivity index (χ0v) is 17.5. The van der Waals surface area contributed by atoms with Crippen LogP contribution in [0.3, 0.4) is 0 Å². The van der Waals surface area contributed by atoms with Gasteiger partial charge in [-0.25, -0.2) is 4.79 Å². The number of primary amides is 1. The summed E-state index contributed by atoms with van der Waals surface area (Å²) in [6, 6.07) is -5.12. The standard InChI is InChI=1S/C15H27N5O7S2/c1-6(21)11(15(26)27)20-13(24)8(2-3-10(17)22)18-14(25)9(5-29)19-12(23)7(16)4-28/h6-9,11,21,28-29H,2-5,16H2,1H3,(H2,17,22)(H,18,25)(H,19,23)(H,20,24)(H,26,27). The first-order chi connectivity index (χ1) is 13.4. The fourth-order valence-corrected chi connectivity index (χ4v) is 2.45. The van der Waals surface area contributed by atoms with E-state index in [1.54, 1.807) is 0 Å². The van der Waals surface area contributed by atoms with Gasteiger partial charge in [-0.2, -0.15) is 25.3 Å². The molecule has 0 aliphatic carbocycles. The van der Waals surface area contributed by atoms with Gasteiger partial charge in [-0.3, -0.25) is 19.2 Å². The van der Waals surface area contributed by atoms with Crippen molar-refractivity contribution in [3.05, 3.63) is 0 Å². The molecule has 5 atom stereocenters. The van der Waals surface area contributed by atoms with Crippen LogP contribution in [0.4, 0.5) is 0 Å². The summed E-state index contributed by atoms with van der Waals surface area (Å²) in [5, 5.41) is 25.3. The zero-order chi connectivity index (χ0) is 22.7. The Bertz CT molecular complexity index is 620. The van der Waals surface area contributed by atoms with Crippen molar-refractivity contribution in [2.24, 2.45) is 11.5 Å². The van der Waals surface area contributed by atoms with Crippen molar-refractivity contribution in [3.63, 3.8) is 0 Å². The zero-order valence-electron chi connectivity index (χ0n) is 15.7. The number of amides is 4. The van der Waals surface area contributed by atoms with Crippen molar-refractivity contribution in [1.29, 1.82) is 0 Å². The molecular formula is C15H27N5O7S2. The molecule has 0 radical (unpaired) electrons. The van der Waals surface area contributed by atoms with E-state index >= 15 is 0 Å². The molecule has 0 aliphatic heterocycles. The minimum absolute atomic E-state index is 0.0340. The largest absolute Gasteiger partial charge is 0.480 e. The van der Waals surface area contributed by atoms with E-state index in [1.165, 1.54) is 0 Å². The van der Waals surface area contributed by atoms with Crippen LogP contribution in [0.25, 0.3) is 0 Å². The predicted molar refractivity (Wildman–Crippen MR) is 109 cm³/mol. The van der Waals surface area contributed by atoms with Crippen molar-refractivity contribution in [2.45, 2.75) is 50.0 Å². The molecule has 14 heteroatoms. The van der Waals surface area contributed by atoms with Crippen LogP contribution in [0.2, 0.25) is 0 Å². The number of carbonyl (C=O) groups excluding carboxylic acids is 4. The van der Waals surface area contributed by atoms with Crippen LogP contribution in [0, 0.1) is 0 Å². The summed E-state index contributed by atoms with van der Waals surface area (Å²) in [7, 11) is 0. The van der Waals surface area contributed by atoms with Gasteiger partial charge in [-0.05, 0) is 13.3 Å². The third-order valence-corrected chi connectivity index (χ3v) is 4.47. The molecule has 0 saturated heterocycles. The molecule has 0 heterocycles. The summed E-state index contributed by atoms with van der Waals surface area (Å²) < 4.78 is 0. The van der Waals surface area contributed by atoms with Gasteiger partial charge in [0, 0.05) is 17.9 Å². The molecule has 0 aromatic carbocycles. The summed E-state index contributed by atoms with van der Waals surface area (Å²) in [5.41, 5.74) is 10.6. The summed E-state index contributed by atoms with van der Waals surface area (Å²) in [6.45, 7) is 1.16. The highest BCUT2D eigenvalue weighted by molar-refractivity contribution is 7.80. The maximum absolute atomic E-state index is 12.4. The number of carbonyl (C=O) groups is 5. The van der Waals surface area contributed by atoms with Gasteiger partial charge in [0.25, 0.3) is 0 Å². The van der Waals surface area contributed by atoms with E-state index in [1.807, 2.05) is 0 Å². The fourth-order valence-electron chi connectivity index (χ4n) is 2.03. The Hall–Kier alpha value is -2.03. The molecule has 0 aliphatic rings. The van der Waals surface area contributed by atoms with E-state index in [-0.39, 0.29) is 24.3 Å². The third-order valence-electron chi connectivity index (χ3n) is 3.71. The number of carboxylic acid groups (broad SMARTS) is 1.